The van der Waals surface area contributed by atoms with Crippen molar-refractivity contribution < 1.29 is 4.79 Å². The number of fused-ring (bicyclic) bond motifs is 1. The van der Waals surface area contributed by atoms with Crippen LogP contribution in [0.25, 0.3) is 11.0 Å². The molecule has 0 unspecified atom stereocenters. The summed E-state index contributed by atoms with van der Waals surface area (Å²) in [6, 6.07) is 3.20. The lowest BCUT2D eigenvalue weighted by atomic mass is 10.1. The smallest absolute Gasteiger partial charge is 0.314 e. The van der Waals surface area contributed by atoms with Crippen LogP contribution in [-0.2, 0) is 11.3 Å². The van der Waals surface area contributed by atoms with E-state index >= 15 is 0 Å². The third-order valence-electron chi connectivity index (χ3n) is 2.82. The minimum atomic E-state index is -0.736. The lowest BCUT2D eigenvalue weighted by Gasteiger charge is -2.16. The molecule has 0 aliphatic carbocycles. The maximum absolute atomic E-state index is 11.4. The third-order valence-corrected chi connectivity index (χ3v) is 3.04. The fourth-order valence-electron chi connectivity index (χ4n) is 1.75. The average molecular weight is 282 g/mol. The SMILES string of the molecule is CC(=O)N(C)Cc1cc(Cl)cc2[nH]c(=O)c(=O)[nH]c12. The molecule has 0 aliphatic heterocycles. The highest BCUT2D eigenvalue weighted by Gasteiger charge is 2.10. The van der Waals surface area contributed by atoms with Crippen molar-refractivity contribution >= 4 is 28.5 Å². The average Bonchev–Trinajstić information content (AvgIpc) is 2.31. The highest BCUT2D eigenvalue weighted by Crippen LogP contribution is 2.20. The fourth-order valence-corrected chi connectivity index (χ4v) is 1.99. The molecule has 0 bridgehead atoms. The van der Waals surface area contributed by atoms with E-state index in [1.165, 1.54) is 11.8 Å². The van der Waals surface area contributed by atoms with Crippen molar-refractivity contribution in [3.05, 3.63) is 43.4 Å². The molecule has 2 aromatic rings. The van der Waals surface area contributed by atoms with Gasteiger partial charge in [0.2, 0.25) is 5.91 Å². The first kappa shape index (κ1) is 13.4. The summed E-state index contributed by atoms with van der Waals surface area (Å²) in [5.74, 6) is -0.111. The predicted octanol–water partition coefficient (Wildman–Crippen LogP) is 0.848. The zero-order valence-electron chi connectivity index (χ0n) is 10.4. The molecule has 1 aromatic heterocycles. The highest BCUT2D eigenvalue weighted by molar-refractivity contribution is 6.31. The number of nitrogens with one attached hydrogen (secondary N) is 2. The highest BCUT2D eigenvalue weighted by atomic mass is 35.5. The van der Waals surface area contributed by atoms with Crippen LogP contribution >= 0.6 is 11.6 Å². The lowest BCUT2D eigenvalue weighted by Crippen LogP contribution is -2.30. The summed E-state index contributed by atoms with van der Waals surface area (Å²) in [7, 11) is 1.64. The lowest BCUT2D eigenvalue weighted by molar-refractivity contribution is -0.128. The molecule has 1 heterocycles. The van der Waals surface area contributed by atoms with Crippen LogP contribution in [-0.4, -0.2) is 27.8 Å². The van der Waals surface area contributed by atoms with Crippen molar-refractivity contribution in [3.8, 4) is 0 Å². The van der Waals surface area contributed by atoms with E-state index in [4.69, 9.17) is 11.6 Å². The van der Waals surface area contributed by atoms with E-state index in [-0.39, 0.29) is 12.5 Å². The molecule has 0 saturated heterocycles. The number of carbonyl (C=O) groups is 1. The maximum atomic E-state index is 11.4. The van der Waals surface area contributed by atoms with Crippen LogP contribution in [0.3, 0.4) is 0 Å². The predicted molar refractivity (Wildman–Crippen MR) is 72.3 cm³/mol. The summed E-state index contributed by atoms with van der Waals surface area (Å²) >= 11 is 5.96. The van der Waals surface area contributed by atoms with Gasteiger partial charge in [-0.15, -0.1) is 0 Å². The molecule has 6 nitrogen and oxygen atoms in total. The summed E-state index contributed by atoms with van der Waals surface area (Å²) < 4.78 is 0. The van der Waals surface area contributed by atoms with E-state index in [0.717, 1.165) is 0 Å². The number of hydrogen-bond acceptors (Lipinski definition) is 3. The molecule has 1 aromatic carbocycles. The Bertz CT molecular complexity index is 763. The van der Waals surface area contributed by atoms with Gasteiger partial charge in [-0.2, -0.15) is 0 Å². The van der Waals surface area contributed by atoms with Gasteiger partial charge in [0.25, 0.3) is 0 Å². The number of halogens is 1. The van der Waals surface area contributed by atoms with Crippen LogP contribution in [0.4, 0.5) is 0 Å². The Labute approximate surface area is 113 Å². The number of hydrogen-bond donors (Lipinski definition) is 2. The maximum Gasteiger partial charge on any atom is 0.314 e. The molecule has 19 heavy (non-hydrogen) atoms. The Hall–Kier alpha value is -2.08. The van der Waals surface area contributed by atoms with Crippen LogP contribution in [0, 0.1) is 0 Å². The van der Waals surface area contributed by atoms with Gasteiger partial charge in [0.15, 0.2) is 0 Å². The standard InChI is InChI=1S/C12H12ClN3O3/c1-6(17)16(2)5-7-3-8(13)4-9-10(7)15-12(19)11(18)14-9/h3-4H,5H2,1-2H3,(H,14,18)(H,15,19). The second-order valence-corrected chi connectivity index (χ2v) is 4.71. The Balaban J connectivity index is 2.66. The van der Waals surface area contributed by atoms with Crippen molar-refractivity contribution in [3.63, 3.8) is 0 Å². The molecule has 0 aliphatic rings. The minimum Gasteiger partial charge on any atom is -0.342 e. The molecular formula is C12H12ClN3O3. The minimum absolute atomic E-state index is 0.111. The van der Waals surface area contributed by atoms with Crippen molar-refractivity contribution in [1.29, 1.82) is 0 Å². The molecule has 0 radical (unpaired) electrons. The van der Waals surface area contributed by atoms with E-state index < -0.39 is 11.1 Å². The van der Waals surface area contributed by atoms with E-state index in [1.54, 1.807) is 19.2 Å². The monoisotopic (exact) mass is 281 g/mol. The molecule has 7 heteroatoms. The zero-order valence-corrected chi connectivity index (χ0v) is 11.2. The molecule has 2 N–H and O–H groups in total. The molecule has 100 valence electrons. The van der Waals surface area contributed by atoms with Gasteiger partial charge < -0.3 is 14.9 Å². The molecular weight excluding hydrogens is 270 g/mol. The number of amides is 1. The van der Waals surface area contributed by atoms with E-state index in [9.17, 15) is 14.4 Å². The second-order valence-electron chi connectivity index (χ2n) is 4.27. The Morgan fingerprint density at radius 3 is 2.53 bits per heavy atom. The number of aromatic amines is 2. The second kappa shape index (κ2) is 4.89. The van der Waals surface area contributed by atoms with E-state index in [2.05, 4.69) is 9.97 Å². The van der Waals surface area contributed by atoms with E-state index in [0.29, 0.717) is 21.6 Å². The van der Waals surface area contributed by atoms with Crippen LogP contribution in [0.1, 0.15) is 12.5 Å². The summed E-state index contributed by atoms with van der Waals surface area (Å²) in [6.45, 7) is 1.73. The Kier molecular flexibility index (Phi) is 3.44. The van der Waals surface area contributed by atoms with Crippen molar-refractivity contribution in [2.75, 3.05) is 7.05 Å². The summed E-state index contributed by atoms with van der Waals surface area (Å²) in [5.41, 5.74) is 0.0990. The fraction of sp³-hybridized carbons (Fsp3) is 0.250. The zero-order chi connectivity index (χ0) is 14.2. The third kappa shape index (κ3) is 2.68. The summed E-state index contributed by atoms with van der Waals surface area (Å²) in [5, 5.41) is 0.419. The number of benzene rings is 1. The summed E-state index contributed by atoms with van der Waals surface area (Å²) in [4.78, 5) is 40.3. The van der Waals surface area contributed by atoms with Crippen LogP contribution in [0.5, 0.6) is 0 Å². The largest absolute Gasteiger partial charge is 0.342 e. The number of rotatable bonds is 2. The van der Waals surface area contributed by atoms with Gasteiger partial charge in [-0.3, -0.25) is 14.4 Å². The molecule has 0 spiro atoms. The van der Waals surface area contributed by atoms with Gasteiger partial charge in [0, 0.05) is 25.5 Å². The van der Waals surface area contributed by atoms with Crippen LogP contribution in [0.15, 0.2) is 21.7 Å². The van der Waals surface area contributed by atoms with Crippen molar-refractivity contribution in [1.82, 2.24) is 14.9 Å². The topological polar surface area (TPSA) is 86.0 Å². The van der Waals surface area contributed by atoms with Gasteiger partial charge in [0.1, 0.15) is 0 Å². The first-order chi connectivity index (χ1) is 8.88. The molecule has 0 atom stereocenters. The molecule has 0 fully saturated rings. The number of carbonyl (C=O) groups excluding carboxylic acids is 1. The molecule has 1 amide bonds. The number of H-pyrrole nitrogens is 2. The van der Waals surface area contributed by atoms with Gasteiger partial charge in [-0.1, -0.05) is 11.6 Å². The van der Waals surface area contributed by atoms with Crippen molar-refractivity contribution in [2.24, 2.45) is 0 Å². The van der Waals surface area contributed by atoms with Gasteiger partial charge in [-0.05, 0) is 17.7 Å². The van der Waals surface area contributed by atoms with Crippen LogP contribution in [0.2, 0.25) is 5.02 Å². The summed E-state index contributed by atoms with van der Waals surface area (Å²) in [6.07, 6.45) is 0. The molecule has 2 rings (SSSR count). The quantitative estimate of drug-likeness (QED) is 0.800. The normalized spacial score (nSPS) is 10.7. The molecule has 0 saturated carbocycles. The van der Waals surface area contributed by atoms with Gasteiger partial charge in [-0.25, -0.2) is 0 Å². The van der Waals surface area contributed by atoms with Gasteiger partial charge >= 0.3 is 11.1 Å². The Morgan fingerprint density at radius 1 is 1.26 bits per heavy atom. The van der Waals surface area contributed by atoms with E-state index in [1.807, 2.05) is 0 Å². The van der Waals surface area contributed by atoms with Crippen molar-refractivity contribution in [2.45, 2.75) is 13.5 Å². The first-order valence-electron chi connectivity index (χ1n) is 5.55. The Morgan fingerprint density at radius 2 is 1.89 bits per heavy atom. The number of aromatic nitrogens is 2. The van der Waals surface area contributed by atoms with Gasteiger partial charge in [0.05, 0.1) is 11.0 Å². The van der Waals surface area contributed by atoms with Crippen LogP contribution < -0.4 is 11.1 Å². The first-order valence-corrected chi connectivity index (χ1v) is 5.92. The number of nitrogens with zero attached hydrogens (tertiary/aromatic N) is 1.